The summed E-state index contributed by atoms with van der Waals surface area (Å²) < 4.78 is 1.77. The first kappa shape index (κ1) is 36.6. The van der Waals surface area contributed by atoms with E-state index < -0.39 is 24.3 Å². The first-order valence-corrected chi connectivity index (χ1v) is 18.6. The summed E-state index contributed by atoms with van der Waals surface area (Å²) in [7, 11) is 0. The molecule has 6 aromatic rings. The maximum atomic E-state index is 12.8. The van der Waals surface area contributed by atoms with Crippen LogP contribution in [0, 0.1) is 0 Å². The van der Waals surface area contributed by atoms with E-state index in [1.54, 1.807) is 41.4 Å². The Bertz CT molecular complexity index is 2220. The smallest absolute Gasteiger partial charge is 0.315 e. The molecule has 0 unspecified atom stereocenters. The highest BCUT2D eigenvalue weighted by Crippen LogP contribution is 2.40. The van der Waals surface area contributed by atoms with Crippen LogP contribution in [0.2, 0.25) is 0 Å². The number of aryl methyl sites for hydroxylation is 1. The number of aromatic nitrogens is 9. The number of carbonyl (C=O) groups is 1. The van der Waals surface area contributed by atoms with E-state index in [4.69, 9.17) is 15.0 Å². The second-order valence-corrected chi connectivity index (χ2v) is 14.1. The van der Waals surface area contributed by atoms with E-state index in [1.165, 1.54) is 4.80 Å². The topological polar surface area (TPSA) is 237 Å². The predicted octanol–water partition coefficient (Wildman–Crippen LogP) is 2.41. The number of tetrazole rings is 1. The quantitative estimate of drug-likeness (QED) is 0.0949. The molecule has 56 heavy (non-hydrogen) atoms. The Balaban J connectivity index is 1.09. The van der Waals surface area contributed by atoms with Crippen molar-refractivity contribution in [2.75, 3.05) is 29.9 Å². The average Bonchev–Trinajstić information content (AvgIpc) is 4.03. The molecule has 5 heterocycles. The largest absolute Gasteiger partial charge is 0.508 e. The van der Waals surface area contributed by atoms with Gasteiger partial charge in [0.25, 0.3) is 0 Å². The molecule has 0 spiro atoms. The van der Waals surface area contributed by atoms with Gasteiger partial charge in [-0.1, -0.05) is 37.3 Å². The van der Waals surface area contributed by atoms with Crippen LogP contribution in [0.15, 0.2) is 79.3 Å². The zero-order valence-corrected chi connectivity index (χ0v) is 30.6. The summed E-state index contributed by atoms with van der Waals surface area (Å²) in [5.41, 5.74) is 3.51. The molecule has 2 aromatic carbocycles. The number of phenols is 2. The van der Waals surface area contributed by atoms with Crippen LogP contribution >= 0.6 is 0 Å². The van der Waals surface area contributed by atoms with Crippen molar-refractivity contribution in [2.45, 2.75) is 69.0 Å². The van der Waals surface area contributed by atoms with Gasteiger partial charge < -0.3 is 45.8 Å². The van der Waals surface area contributed by atoms with Crippen molar-refractivity contribution in [3.63, 3.8) is 0 Å². The summed E-state index contributed by atoms with van der Waals surface area (Å²) in [5, 5.41) is 64.6. The zero-order valence-electron chi connectivity index (χ0n) is 30.6. The van der Waals surface area contributed by atoms with Gasteiger partial charge in [0.05, 0.1) is 24.6 Å². The summed E-state index contributed by atoms with van der Waals surface area (Å²) in [6, 6.07) is 17.8. The van der Waals surface area contributed by atoms with Crippen molar-refractivity contribution in [1.82, 2.24) is 55.3 Å². The number of phenolic OH excluding ortho intramolecular Hbond substituents is 2. The van der Waals surface area contributed by atoms with Gasteiger partial charge in [-0.05, 0) is 65.6 Å². The minimum absolute atomic E-state index is 0.148. The van der Waals surface area contributed by atoms with E-state index in [0.29, 0.717) is 74.2 Å². The molecule has 290 valence electrons. The lowest BCUT2D eigenvalue weighted by Gasteiger charge is -2.22. The number of hydrogen-bond acceptors (Lipinski definition) is 14. The van der Waals surface area contributed by atoms with Crippen LogP contribution in [-0.4, -0.2) is 109 Å². The Morgan fingerprint density at radius 3 is 2.34 bits per heavy atom. The van der Waals surface area contributed by atoms with Crippen LogP contribution in [0.4, 0.5) is 16.6 Å². The lowest BCUT2D eigenvalue weighted by Crippen LogP contribution is -2.43. The number of aliphatic hydroxyl groups excluding tert-OH is 2. The second kappa shape index (κ2) is 15.8. The van der Waals surface area contributed by atoms with Gasteiger partial charge in [0.15, 0.2) is 22.8 Å². The Morgan fingerprint density at radius 1 is 0.929 bits per heavy atom. The minimum Gasteiger partial charge on any atom is -0.508 e. The van der Waals surface area contributed by atoms with Crippen molar-refractivity contribution < 1.29 is 25.2 Å². The van der Waals surface area contributed by atoms with E-state index in [2.05, 4.69) is 36.3 Å². The van der Waals surface area contributed by atoms with Gasteiger partial charge in [-0.25, -0.2) is 9.78 Å². The van der Waals surface area contributed by atoms with Crippen LogP contribution in [0.25, 0.3) is 11.2 Å². The number of amides is 2. The van der Waals surface area contributed by atoms with Gasteiger partial charge in [0.2, 0.25) is 5.95 Å². The summed E-state index contributed by atoms with van der Waals surface area (Å²) in [5.74, 6) is 1.47. The first-order chi connectivity index (χ1) is 27.2. The summed E-state index contributed by atoms with van der Waals surface area (Å²) in [6.45, 7) is 3.59. The molecule has 0 radical (unpaired) electrons. The number of fused-ring (bicyclic) bond motifs is 1. The van der Waals surface area contributed by atoms with Gasteiger partial charge >= 0.3 is 6.03 Å². The predicted molar refractivity (Wildman–Crippen MR) is 204 cm³/mol. The normalized spacial score (nSPS) is 20.9. The molecular formula is C38H43N13O5. The van der Waals surface area contributed by atoms with Crippen LogP contribution in [0.5, 0.6) is 11.5 Å². The summed E-state index contributed by atoms with van der Waals surface area (Å²) in [6.07, 6.45) is 2.47. The molecule has 1 saturated heterocycles. The van der Waals surface area contributed by atoms with Crippen molar-refractivity contribution in [3.05, 3.63) is 102 Å². The highest BCUT2D eigenvalue weighted by atomic mass is 16.3. The van der Waals surface area contributed by atoms with Crippen molar-refractivity contribution in [3.8, 4) is 11.5 Å². The van der Waals surface area contributed by atoms with E-state index in [9.17, 15) is 25.2 Å². The first-order valence-electron chi connectivity index (χ1n) is 18.6. The van der Waals surface area contributed by atoms with E-state index in [-0.39, 0.29) is 29.5 Å². The third kappa shape index (κ3) is 7.60. The molecule has 5 atom stereocenters. The lowest BCUT2D eigenvalue weighted by atomic mass is 9.91. The number of imidazole rings is 1. The van der Waals surface area contributed by atoms with Gasteiger partial charge in [-0.3, -0.25) is 4.98 Å². The summed E-state index contributed by atoms with van der Waals surface area (Å²) in [4.78, 5) is 35.1. The molecule has 18 nitrogen and oxygen atoms in total. The number of nitrogens with one attached hydrogen (secondary N) is 3. The molecule has 2 fully saturated rings. The molecular weight excluding hydrogens is 719 g/mol. The minimum atomic E-state index is -1.18. The molecule has 2 amide bonds. The highest BCUT2D eigenvalue weighted by molar-refractivity contribution is 5.84. The average molecular weight is 762 g/mol. The lowest BCUT2D eigenvalue weighted by molar-refractivity contribution is 0.00473. The molecule has 0 bridgehead atoms. The third-order valence-electron chi connectivity index (χ3n) is 10.5. The zero-order chi connectivity index (χ0) is 38.8. The van der Waals surface area contributed by atoms with Crippen LogP contribution < -0.4 is 20.9 Å². The van der Waals surface area contributed by atoms with Gasteiger partial charge in [0, 0.05) is 44.2 Å². The monoisotopic (exact) mass is 761 g/mol. The standard InChI is InChI=1S/C38H43N13O5/c1-2-31-46-48-51(47-31)30-17-29(33(54)34(30)55)50-21-42-32-35(40-19-28(22-6-10-26(52)11-7-22)23-8-12-27(53)13-9-23)44-37(45-36(32)50)49-16-14-25(20-49)43-38(56)41-18-24-5-3-4-15-39-24/h3-13,15,21,25,28-30,33-34,52-55H,2,14,16-20H2,1H3,(H,40,44,45)(H2,41,43,56)/t25-,29-,30+,33+,34-/m1/s1. The number of nitrogens with zero attached hydrogens (tertiary/aromatic N) is 10. The Hall–Kier alpha value is -6.40. The Kier molecular flexibility index (Phi) is 10.3. The number of aliphatic hydroxyl groups is 2. The third-order valence-corrected chi connectivity index (χ3v) is 10.5. The number of hydrogen-bond donors (Lipinski definition) is 7. The van der Waals surface area contributed by atoms with Crippen molar-refractivity contribution >= 4 is 29.0 Å². The molecule has 18 heteroatoms. The fourth-order valence-electron chi connectivity index (χ4n) is 7.45. The number of benzene rings is 2. The molecule has 2 aliphatic rings. The number of pyridine rings is 1. The molecule has 7 N–H and O–H groups in total. The summed E-state index contributed by atoms with van der Waals surface area (Å²) >= 11 is 0. The molecule has 4 aromatic heterocycles. The van der Waals surface area contributed by atoms with Gasteiger partial charge in [-0.15, -0.1) is 10.2 Å². The van der Waals surface area contributed by atoms with Crippen molar-refractivity contribution in [1.29, 1.82) is 0 Å². The van der Waals surface area contributed by atoms with Crippen LogP contribution in [0.3, 0.4) is 0 Å². The van der Waals surface area contributed by atoms with E-state index >= 15 is 0 Å². The van der Waals surface area contributed by atoms with Gasteiger partial charge in [-0.2, -0.15) is 14.8 Å². The molecule has 1 saturated carbocycles. The van der Waals surface area contributed by atoms with Gasteiger partial charge in [0.1, 0.15) is 29.7 Å². The number of aromatic hydroxyl groups is 2. The second-order valence-electron chi connectivity index (χ2n) is 14.1. The van der Waals surface area contributed by atoms with Crippen LogP contribution in [-0.2, 0) is 13.0 Å². The number of anilines is 2. The van der Waals surface area contributed by atoms with E-state index in [0.717, 1.165) is 16.8 Å². The Morgan fingerprint density at radius 2 is 1.66 bits per heavy atom. The molecule has 8 rings (SSSR count). The Labute approximate surface area is 321 Å². The van der Waals surface area contributed by atoms with Crippen molar-refractivity contribution in [2.24, 2.45) is 0 Å². The maximum absolute atomic E-state index is 12.8. The molecule has 1 aliphatic heterocycles. The number of rotatable bonds is 12. The maximum Gasteiger partial charge on any atom is 0.315 e. The van der Waals surface area contributed by atoms with E-state index in [1.807, 2.05) is 54.3 Å². The highest BCUT2D eigenvalue weighted by Gasteiger charge is 2.45. The fourth-order valence-corrected chi connectivity index (χ4v) is 7.45. The number of urea groups is 1. The molecule has 1 aliphatic carbocycles. The fraction of sp³-hybridized carbons (Fsp3) is 0.368. The number of carbonyl (C=O) groups excluding carboxylic acids is 1. The SMILES string of the molecule is CCc1nnn([C@H]2C[C@@H](n3cnc4c(NCC(c5ccc(O)cc5)c5ccc(O)cc5)nc(N5CC[C@@H](NC(=O)NCc6ccccn6)C5)nc43)[C@H](O)[C@@H]2O)n1. The van der Waals surface area contributed by atoms with Crippen LogP contribution in [0.1, 0.15) is 60.4 Å².